The second-order valence-corrected chi connectivity index (χ2v) is 6.96. The summed E-state index contributed by atoms with van der Waals surface area (Å²) in [7, 11) is 0. The van der Waals surface area contributed by atoms with Gasteiger partial charge >= 0.3 is 0 Å². The lowest BCUT2D eigenvalue weighted by Crippen LogP contribution is -2.27. The summed E-state index contributed by atoms with van der Waals surface area (Å²) < 4.78 is 0. The second-order valence-electron chi connectivity index (χ2n) is 5.79. The Kier molecular flexibility index (Phi) is 5.38. The number of aliphatic imine (C=N–C) groups is 1. The first-order chi connectivity index (χ1) is 12.1. The Morgan fingerprint density at radius 1 is 1.16 bits per heavy atom. The number of benzene rings is 2. The molecule has 1 aliphatic heterocycles. The van der Waals surface area contributed by atoms with Gasteiger partial charge in [0.1, 0.15) is 5.25 Å². The second kappa shape index (κ2) is 7.70. The molecule has 2 amide bonds. The summed E-state index contributed by atoms with van der Waals surface area (Å²) in [6.07, 6.45) is 0.126. The van der Waals surface area contributed by atoms with Gasteiger partial charge < -0.3 is 10.2 Å². The molecule has 0 fully saturated rings. The lowest BCUT2D eigenvalue weighted by atomic mass is 10.1. The van der Waals surface area contributed by atoms with Crippen LogP contribution in [0.3, 0.4) is 0 Å². The summed E-state index contributed by atoms with van der Waals surface area (Å²) in [4.78, 5) is 30.7. The molecule has 0 aromatic heterocycles. The molecule has 2 aromatic carbocycles. The fraction of sp³-hybridized carbons (Fsp3) is 0.316. The predicted octanol–water partition coefficient (Wildman–Crippen LogP) is 3.51. The molecule has 2 aromatic rings. The Morgan fingerprint density at radius 3 is 2.64 bits per heavy atom. The van der Waals surface area contributed by atoms with Gasteiger partial charge in [0.05, 0.1) is 0 Å². The molecule has 6 heteroatoms. The highest BCUT2D eigenvalue weighted by Gasteiger charge is 2.32. The lowest BCUT2D eigenvalue weighted by Gasteiger charge is -2.19. The van der Waals surface area contributed by atoms with Crippen LogP contribution in [0.25, 0.3) is 10.8 Å². The van der Waals surface area contributed by atoms with Crippen LogP contribution in [0.5, 0.6) is 0 Å². The van der Waals surface area contributed by atoms with Gasteiger partial charge in [0.15, 0.2) is 5.17 Å². The van der Waals surface area contributed by atoms with E-state index in [2.05, 4.69) is 10.3 Å². The number of fused-ring (bicyclic) bond motifs is 1. The summed E-state index contributed by atoms with van der Waals surface area (Å²) in [6.45, 7) is 5.64. The van der Waals surface area contributed by atoms with E-state index in [1.54, 1.807) is 0 Å². The Bertz CT molecular complexity index is 825. The molecule has 0 bridgehead atoms. The van der Waals surface area contributed by atoms with Crippen LogP contribution in [0.4, 0.5) is 5.69 Å². The van der Waals surface area contributed by atoms with E-state index < -0.39 is 5.25 Å². The van der Waals surface area contributed by atoms with Gasteiger partial charge in [-0.1, -0.05) is 48.2 Å². The molecule has 0 spiro atoms. The summed E-state index contributed by atoms with van der Waals surface area (Å²) in [5, 5.41) is 5.27. The van der Waals surface area contributed by atoms with Crippen LogP contribution < -0.4 is 5.32 Å². The molecule has 1 unspecified atom stereocenters. The number of hydrogen-bond acceptors (Lipinski definition) is 4. The number of amides is 2. The Morgan fingerprint density at radius 2 is 1.88 bits per heavy atom. The van der Waals surface area contributed by atoms with Crippen LogP contribution in [0.1, 0.15) is 20.3 Å². The van der Waals surface area contributed by atoms with Crippen LogP contribution in [0.15, 0.2) is 47.5 Å². The van der Waals surface area contributed by atoms with Gasteiger partial charge in [0.25, 0.3) is 5.91 Å². The third-order valence-electron chi connectivity index (χ3n) is 4.20. The molecule has 0 saturated carbocycles. The Hall–Kier alpha value is -2.34. The number of nitrogens with zero attached hydrogens (tertiary/aromatic N) is 2. The SMILES string of the molecule is CCN(CC)C1=NC(=O)C(CC(=O)Nc2cccc3ccccc23)S1. The van der Waals surface area contributed by atoms with Crippen LogP contribution >= 0.6 is 11.8 Å². The smallest absolute Gasteiger partial charge is 0.262 e. The third-order valence-corrected chi connectivity index (χ3v) is 5.41. The average Bonchev–Trinajstić information content (AvgIpc) is 2.96. The van der Waals surface area contributed by atoms with E-state index in [0.29, 0.717) is 0 Å². The standard InChI is InChI=1S/C19H21N3O2S/c1-3-22(4-2)19-21-18(24)16(25-19)12-17(23)20-15-11-7-9-13-8-5-6-10-14(13)15/h5-11,16H,3-4,12H2,1-2H3,(H,20,23). The van der Waals surface area contributed by atoms with Crippen molar-refractivity contribution >= 4 is 45.2 Å². The molecule has 3 rings (SSSR count). The minimum absolute atomic E-state index is 0.126. The number of anilines is 1. The number of carbonyl (C=O) groups excluding carboxylic acids is 2. The zero-order chi connectivity index (χ0) is 17.8. The quantitative estimate of drug-likeness (QED) is 0.891. The van der Waals surface area contributed by atoms with Crippen molar-refractivity contribution in [2.45, 2.75) is 25.5 Å². The third kappa shape index (κ3) is 3.85. The molecule has 1 aliphatic rings. The van der Waals surface area contributed by atoms with Gasteiger partial charge in [-0.05, 0) is 25.3 Å². The lowest BCUT2D eigenvalue weighted by molar-refractivity contribution is -0.121. The van der Waals surface area contributed by atoms with Crippen molar-refractivity contribution in [1.82, 2.24) is 4.90 Å². The number of thioether (sulfide) groups is 1. The van der Waals surface area contributed by atoms with E-state index in [1.807, 2.05) is 61.2 Å². The first-order valence-corrected chi connectivity index (χ1v) is 9.32. The fourth-order valence-corrected chi connectivity index (χ4v) is 4.04. The van der Waals surface area contributed by atoms with Crippen molar-refractivity contribution in [2.75, 3.05) is 18.4 Å². The highest BCUT2D eigenvalue weighted by molar-refractivity contribution is 8.15. The van der Waals surface area contributed by atoms with Gasteiger partial charge in [0, 0.05) is 30.6 Å². The predicted molar refractivity (Wildman–Crippen MR) is 104 cm³/mol. The van der Waals surface area contributed by atoms with Crippen molar-refractivity contribution in [2.24, 2.45) is 4.99 Å². The van der Waals surface area contributed by atoms with Gasteiger partial charge in [-0.3, -0.25) is 9.59 Å². The zero-order valence-electron chi connectivity index (χ0n) is 14.4. The van der Waals surface area contributed by atoms with Gasteiger partial charge in [-0.2, -0.15) is 4.99 Å². The van der Waals surface area contributed by atoms with Gasteiger partial charge in [-0.15, -0.1) is 0 Å². The van der Waals surface area contributed by atoms with Crippen LogP contribution in [-0.4, -0.2) is 40.2 Å². The minimum Gasteiger partial charge on any atom is -0.352 e. The molecular formula is C19H21N3O2S. The molecule has 1 atom stereocenters. The van der Waals surface area contributed by atoms with Crippen molar-refractivity contribution in [1.29, 1.82) is 0 Å². The van der Waals surface area contributed by atoms with Gasteiger partial charge in [-0.25, -0.2) is 0 Å². The first-order valence-electron chi connectivity index (χ1n) is 8.44. The molecule has 5 nitrogen and oxygen atoms in total. The largest absolute Gasteiger partial charge is 0.352 e. The van der Waals surface area contributed by atoms with Crippen molar-refractivity contribution in [3.63, 3.8) is 0 Å². The Balaban J connectivity index is 1.66. The van der Waals surface area contributed by atoms with E-state index >= 15 is 0 Å². The molecule has 25 heavy (non-hydrogen) atoms. The molecule has 0 radical (unpaired) electrons. The molecule has 1 heterocycles. The molecule has 130 valence electrons. The number of amidine groups is 1. The van der Waals surface area contributed by atoms with Crippen molar-refractivity contribution in [3.05, 3.63) is 42.5 Å². The topological polar surface area (TPSA) is 61.8 Å². The van der Waals surface area contributed by atoms with E-state index in [-0.39, 0.29) is 18.2 Å². The van der Waals surface area contributed by atoms with E-state index in [9.17, 15) is 9.59 Å². The van der Waals surface area contributed by atoms with Crippen molar-refractivity contribution < 1.29 is 9.59 Å². The van der Waals surface area contributed by atoms with Crippen LogP contribution in [0, 0.1) is 0 Å². The van der Waals surface area contributed by atoms with E-state index in [0.717, 1.165) is 34.7 Å². The molecule has 0 aliphatic carbocycles. The van der Waals surface area contributed by atoms with E-state index in [1.165, 1.54) is 11.8 Å². The summed E-state index contributed by atoms with van der Waals surface area (Å²) in [6, 6.07) is 13.7. The zero-order valence-corrected chi connectivity index (χ0v) is 15.2. The summed E-state index contributed by atoms with van der Waals surface area (Å²) >= 11 is 1.38. The molecule has 1 N–H and O–H groups in total. The number of hydrogen-bond donors (Lipinski definition) is 1. The Labute approximate surface area is 151 Å². The maximum atomic E-state index is 12.4. The summed E-state index contributed by atoms with van der Waals surface area (Å²) in [5.41, 5.74) is 0.767. The number of nitrogens with one attached hydrogen (secondary N) is 1. The van der Waals surface area contributed by atoms with Crippen molar-refractivity contribution in [3.8, 4) is 0 Å². The summed E-state index contributed by atoms with van der Waals surface area (Å²) in [5.74, 6) is -0.391. The van der Waals surface area contributed by atoms with Gasteiger partial charge in [0.2, 0.25) is 5.91 Å². The number of rotatable bonds is 5. The maximum absolute atomic E-state index is 12.4. The van der Waals surface area contributed by atoms with E-state index in [4.69, 9.17) is 0 Å². The van der Waals surface area contributed by atoms with Crippen LogP contribution in [-0.2, 0) is 9.59 Å². The molecular weight excluding hydrogens is 334 g/mol. The maximum Gasteiger partial charge on any atom is 0.262 e. The first kappa shape index (κ1) is 17.5. The highest BCUT2D eigenvalue weighted by atomic mass is 32.2. The molecule has 0 saturated heterocycles. The number of carbonyl (C=O) groups is 2. The average molecular weight is 355 g/mol. The minimum atomic E-state index is -0.439. The van der Waals surface area contributed by atoms with Crippen LogP contribution in [0.2, 0.25) is 0 Å². The highest BCUT2D eigenvalue weighted by Crippen LogP contribution is 2.28. The monoisotopic (exact) mass is 355 g/mol. The fourth-order valence-electron chi connectivity index (χ4n) is 2.84. The normalized spacial score (nSPS) is 16.8.